The van der Waals surface area contributed by atoms with E-state index in [4.69, 9.17) is 0 Å². The second-order valence-electron chi connectivity index (χ2n) is 3.67. The van der Waals surface area contributed by atoms with Crippen LogP contribution in [0.25, 0.3) is 0 Å². The first-order valence-corrected chi connectivity index (χ1v) is 4.74. The van der Waals surface area contributed by atoms with Crippen LogP contribution < -0.4 is 0 Å². The van der Waals surface area contributed by atoms with Gasteiger partial charge in [-0.25, -0.2) is 8.78 Å². The van der Waals surface area contributed by atoms with Crippen LogP contribution in [0.2, 0.25) is 0 Å². The van der Waals surface area contributed by atoms with E-state index < -0.39 is 12.5 Å². The molecule has 2 rings (SSSR count). The summed E-state index contributed by atoms with van der Waals surface area (Å²) in [7, 11) is 0. The smallest absolute Gasteiger partial charge is 0.264 e. The van der Waals surface area contributed by atoms with Gasteiger partial charge in [0.25, 0.3) is 6.43 Å². The number of rotatable bonds is 2. The fourth-order valence-corrected chi connectivity index (χ4v) is 2.12. The minimum atomic E-state index is -2.65. The van der Waals surface area contributed by atoms with E-state index in [2.05, 4.69) is 0 Å². The van der Waals surface area contributed by atoms with E-state index in [0.717, 1.165) is 17.5 Å². The minimum Gasteiger partial charge on any atom is -0.387 e. The second kappa shape index (κ2) is 3.65. The molecule has 76 valence electrons. The minimum absolute atomic E-state index is 0.383. The second-order valence-corrected chi connectivity index (χ2v) is 3.67. The first-order chi connectivity index (χ1) is 6.70. The van der Waals surface area contributed by atoms with Crippen molar-refractivity contribution in [1.29, 1.82) is 0 Å². The van der Waals surface area contributed by atoms with Crippen molar-refractivity contribution in [2.24, 2.45) is 0 Å². The van der Waals surface area contributed by atoms with E-state index >= 15 is 0 Å². The topological polar surface area (TPSA) is 20.2 Å². The van der Waals surface area contributed by atoms with Crippen LogP contribution in [0.5, 0.6) is 0 Å². The molecular formula is C11H12F2O. The Morgan fingerprint density at radius 1 is 1.29 bits per heavy atom. The van der Waals surface area contributed by atoms with Gasteiger partial charge in [-0.2, -0.15) is 0 Å². The zero-order chi connectivity index (χ0) is 10.1. The van der Waals surface area contributed by atoms with Gasteiger partial charge in [0.2, 0.25) is 0 Å². The molecule has 3 heteroatoms. The molecular weight excluding hydrogens is 186 g/mol. The van der Waals surface area contributed by atoms with Crippen LogP contribution in [0, 0.1) is 0 Å². The standard InChI is InChI=1S/C11H12F2O/c12-11(13)10(14)9-6-5-7-3-1-2-4-8(7)9/h1-4,9-11,14H,5-6H2. The van der Waals surface area contributed by atoms with Gasteiger partial charge in [-0.3, -0.25) is 0 Å². The van der Waals surface area contributed by atoms with Crippen molar-refractivity contribution in [3.8, 4) is 0 Å². The Kier molecular flexibility index (Phi) is 2.50. The fourth-order valence-electron chi connectivity index (χ4n) is 2.12. The van der Waals surface area contributed by atoms with Crippen LogP contribution in [0.4, 0.5) is 8.78 Å². The zero-order valence-electron chi connectivity index (χ0n) is 7.66. The lowest BCUT2D eigenvalue weighted by molar-refractivity contribution is -0.0199. The number of fused-ring (bicyclic) bond motifs is 1. The summed E-state index contributed by atoms with van der Waals surface area (Å²) in [5.41, 5.74) is 1.98. The number of halogens is 2. The Balaban J connectivity index is 2.26. The zero-order valence-corrected chi connectivity index (χ0v) is 7.66. The molecule has 0 amide bonds. The summed E-state index contributed by atoms with van der Waals surface area (Å²) in [6.07, 6.45) is -2.74. The third kappa shape index (κ3) is 1.52. The number of aryl methyl sites for hydroxylation is 1. The van der Waals surface area contributed by atoms with Crippen molar-refractivity contribution in [1.82, 2.24) is 0 Å². The van der Waals surface area contributed by atoms with Gasteiger partial charge in [0.15, 0.2) is 0 Å². The highest BCUT2D eigenvalue weighted by Crippen LogP contribution is 2.36. The maximum atomic E-state index is 12.3. The van der Waals surface area contributed by atoms with Crippen molar-refractivity contribution >= 4 is 0 Å². The lowest BCUT2D eigenvalue weighted by Gasteiger charge is -2.17. The Morgan fingerprint density at radius 2 is 2.00 bits per heavy atom. The van der Waals surface area contributed by atoms with Crippen molar-refractivity contribution < 1.29 is 13.9 Å². The van der Waals surface area contributed by atoms with Gasteiger partial charge in [0.1, 0.15) is 6.10 Å². The predicted octanol–water partition coefficient (Wildman–Crippen LogP) is 2.34. The van der Waals surface area contributed by atoms with Gasteiger partial charge in [0.05, 0.1) is 0 Å². The Morgan fingerprint density at radius 3 is 2.71 bits per heavy atom. The van der Waals surface area contributed by atoms with Crippen LogP contribution in [0.15, 0.2) is 24.3 Å². The van der Waals surface area contributed by atoms with Gasteiger partial charge in [0, 0.05) is 5.92 Å². The molecule has 1 aromatic carbocycles. The summed E-state index contributed by atoms with van der Waals surface area (Å²) in [4.78, 5) is 0. The van der Waals surface area contributed by atoms with Crippen molar-refractivity contribution in [2.45, 2.75) is 31.3 Å². The van der Waals surface area contributed by atoms with Crippen LogP contribution in [-0.2, 0) is 6.42 Å². The lowest BCUT2D eigenvalue weighted by atomic mass is 9.96. The third-order valence-corrected chi connectivity index (χ3v) is 2.85. The van der Waals surface area contributed by atoms with E-state index in [1.165, 1.54) is 0 Å². The van der Waals surface area contributed by atoms with Gasteiger partial charge in [-0.05, 0) is 24.0 Å². The molecule has 2 unspecified atom stereocenters. The maximum Gasteiger partial charge on any atom is 0.264 e. The Labute approximate surface area is 81.4 Å². The summed E-state index contributed by atoms with van der Waals surface area (Å²) < 4.78 is 24.6. The molecule has 1 aliphatic carbocycles. The summed E-state index contributed by atoms with van der Waals surface area (Å²) in [6, 6.07) is 7.50. The molecule has 1 nitrogen and oxygen atoms in total. The highest BCUT2D eigenvalue weighted by atomic mass is 19.3. The van der Waals surface area contributed by atoms with E-state index in [1.807, 2.05) is 24.3 Å². The SMILES string of the molecule is OC(C(F)F)C1CCc2ccccc21. The van der Waals surface area contributed by atoms with E-state index in [1.54, 1.807) is 0 Å². The van der Waals surface area contributed by atoms with E-state index in [-0.39, 0.29) is 5.92 Å². The molecule has 14 heavy (non-hydrogen) atoms. The summed E-state index contributed by atoms with van der Waals surface area (Å²) >= 11 is 0. The van der Waals surface area contributed by atoms with Crippen molar-refractivity contribution in [3.63, 3.8) is 0 Å². The number of alkyl halides is 2. The van der Waals surface area contributed by atoms with Crippen molar-refractivity contribution in [2.75, 3.05) is 0 Å². The molecule has 2 atom stereocenters. The quantitative estimate of drug-likeness (QED) is 0.773. The number of hydrogen-bond donors (Lipinski definition) is 1. The Bertz CT molecular complexity index is 325. The van der Waals surface area contributed by atoms with Gasteiger partial charge < -0.3 is 5.11 Å². The monoisotopic (exact) mass is 198 g/mol. The number of aliphatic hydroxyl groups is 1. The number of benzene rings is 1. The van der Waals surface area contributed by atoms with Gasteiger partial charge in [-0.1, -0.05) is 24.3 Å². The molecule has 0 spiro atoms. The molecule has 0 aliphatic heterocycles. The van der Waals surface area contributed by atoms with Gasteiger partial charge in [-0.15, -0.1) is 0 Å². The molecule has 0 heterocycles. The molecule has 0 fully saturated rings. The largest absolute Gasteiger partial charge is 0.387 e. The summed E-state index contributed by atoms with van der Waals surface area (Å²) in [5, 5.41) is 9.32. The molecule has 0 saturated heterocycles. The molecule has 0 aromatic heterocycles. The first-order valence-electron chi connectivity index (χ1n) is 4.74. The van der Waals surface area contributed by atoms with E-state index in [9.17, 15) is 13.9 Å². The fraction of sp³-hybridized carbons (Fsp3) is 0.455. The van der Waals surface area contributed by atoms with Crippen LogP contribution in [-0.4, -0.2) is 17.6 Å². The van der Waals surface area contributed by atoms with Crippen LogP contribution >= 0.6 is 0 Å². The van der Waals surface area contributed by atoms with Crippen LogP contribution in [0.1, 0.15) is 23.5 Å². The lowest BCUT2D eigenvalue weighted by Crippen LogP contribution is -2.24. The third-order valence-electron chi connectivity index (χ3n) is 2.85. The molecule has 1 N–H and O–H groups in total. The maximum absolute atomic E-state index is 12.3. The van der Waals surface area contributed by atoms with Crippen LogP contribution in [0.3, 0.4) is 0 Å². The average Bonchev–Trinajstić information content (AvgIpc) is 2.60. The molecule has 0 radical (unpaired) electrons. The molecule has 0 saturated carbocycles. The molecule has 1 aromatic rings. The normalized spacial score (nSPS) is 22.4. The van der Waals surface area contributed by atoms with Crippen molar-refractivity contribution in [3.05, 3.63) is 35.4 Å². The first kappa shape index (κ1) is 9.59. The van der Waals surface area contributed by atoms with Gasteiger partial charge >= 0.3 is 0 Å². The number of hydrogen-bond acceptors (Lipinski definition) is 1. The molecule has 1 aliphatic rings. The predicted molar refractivity (Wildman–Crippen MR) is 49.5 cm³/mol. The number of aliphatic hydroxyl groups excluding tert-OH is 1. The molecule has 0 bridgehead atoms. The van der Waals surface area contributed by atoms with E-state index in [0.29, 0.717) is 6.42 Å². The Hall–Kier alpha value is -0.960. The average molecular weight is 198 g/mol. The highest BCUT2D eigenvalue weighted by molar-refractivity contribution is 5.35. The highest BCUT2D eigenvalue weighted by Gasteiger charge is 2.33. The summed E-state index contributed by atoms with van der Waals surface area (Å²) in [5.74, 6) is -0.383. The summed E-state index contributed by atoms with van der Waals surface area (Å²) in [6.45, 7) is 0.